The van der Waals surface area contributed by atoms with Crippen molar-refractivity contribution in [3.63, 3.8) is 0 Å². The first-order valence-electron chi connectivity index (χ1n) is 5.22. The van der Waals surface area contributed by atoms with Crippen LogP contribution in [0.3, 0.4) is 0 Å². The van der Waals surface area contributed by atoms with E-state index in [9.17, 15) is 8.42 Å². The van der Waals surface area contributed by atoms with Crippen molar-refractivity contribution in [1.82, 2.24) is 9.29 Å². The van der Waals surface area contributed by atoms with Gasteiger partial charge < -0.3 is 0 Å². The van der Waals surface area contributed by atoms with Crippen LogP contribution in [-0.2, 0) is 10.0 Å². The molecule has 0 saturated carbocycles. The molecule has 0 spiro atoms. The first kappa shape index (κ1) is 12.3. The van der Waals surface area contributed by atoms with E-state index in [1.54, 1.807) is 4.31 Å². The number of hydrogen-bond acceptors (Lipinski definition) is 4. The molecule has 0 unspecified atom stereocenters. The molecule has 1 fully saturated rings. The number of hydrogen-bond donors (Lipinski definition) is 0. The third-order valence-corrected chi connectivity index (χ3v) is 6.07. The molecule has 1 aliphatic heterocycles. The van der Waals surface area contributed by atoms with Crippen molar-refractivity contribution in [3.05, 3.63) is 10.7 Å². The van der Waals surface area contributed by atoms with Crippen molar-refractivity contribution >= 4 is 33.0 Å². The molecule has 0 N–H and O–H groups in total. The molecule has 1 aliphatic rings. The average Bonchev–Trinajstić information content (AvgIpc) is 2.54. The van der Waals surface area contributed by atoms with Gasteiger partial charge >= 0.3 is 0 Å². The summed E-state index contributed by atoms with van der Waals surface area (Å²) >= 11 is 6.68. The lowest BCUT2D eigenvalue weighted by atomic mass is 10.2. The van der Waals surface area contributed by atoms with Crippen LogP contribution >= 0.6 is 22.9 Å². The van der Waals surface area contributed by atoms with Gasteiger partial charge in [-0.15, -0.1) is 0 Å². The standard InChI is InChI=1S/C9H13ClN2O2S2/c10-9-11-7-8(15-9)16(13,14)12-5-3-1-2-4-6-12/h7H,1-6H2. The summed E-state index contributed by atoms with van der Waals surface area (Å²) < 4.78 is 26.4. The van der Waals surface area contributed by atoms with Crippen LogP contribution in [0.2, 0.25) is 4.47 Å². The number of nitrogens with zero attached hydrogens (tertiary/aromatic N) is 2. The van der Waals surface area contributed by atoms with Crippen molar-refractivity contribution in [2.75, 3.05) is 13.1 Å². The van der Waals surface area contributed by atoms with E-state index < -0.39 is 10.0 Å². The Hall–Kier alpha value is -0.170. The number of halogens is 1. The molecule has 16 heavy (non-hydrogen) atoms. The molecule has 0 bridgehead atoms. The zero-order valence-corrected chi connectivity index (χ0v) is 11.1. The van der Waals surface area contributed by atoms with Gasteiger partial charge in [-0.2, -0.15) is 4.31 Å². The highest BCUT2D eigenvalue weighted by Crippen LogP contribution is 2.27. The summed E-state index contributed by atoms with van der Waals surface area (Å²) in [5.74, 6) is 0. The van der Waals surface area contributed by atoms with Crippen molar-refractivity contribution in [1.29, 1.82) is 0 Å². The highest BCUT2D eigenvalue weighted by atomic mass is 35.5. The van der Waals surface area contributed by atoms with Crippen LogP contribution in [0.25, 0.3) is 0 Å². The minimum Gasteiger partial charge on any atom is -0.232 e. The fourth-order valence-corrected chi connectivity index (χ4v) is 4.73. The van der Waals surface area contributed by atoms with Gasteiger partial charge in [-0.25, -0.2) is 13.4 Å². The van der Waals surface area contributed by atoms with Gasteiger partial charge in [0.15, 0.2) is 8.68 Å². The highest BCUT2D eigenvalue weighted by Gasteiger charge is 2.26. The highest BCUT2D eigenvalue weighted by molar-refractivity contribution is 7.91. The second-order valence-electron chi connectivity index (χ2n) is 3.75. The van der Waals surface area contributed by atoms with Gasteiger partial charge in [-0.1, -0.05) is 35.8 Å². The number of aromatic nitrogens is 1. The topological polar surface area (TPSA) is 50.3 Å². The van der Waals surface area contributed by atoms with Crippen LogP contribution in [0.4, 0.5) is 0 Å². The summed E-state index contributed by atoms with van der Waals surface area (Å²) in [5, 5.41) is 0. The van der Waals surface area contributed by atoms with Crippen LogP contribution in [-0.4, -0.2) is 30.8 Å². The Morgan fingerprint density at radius 1 is 1.25 bits per heavy atom. The van der Waals surface area contributed by atoms with E-state index in [0.717, 1.165) is 37.0 Å². The Bertz CT molecular complexity index is 450. The van der Waals surface area contributed by atoms with Crippen LogP contribution < -0.4 is 0 Å². The SMILES string of the molecule is O=S(=O)(c1cnc(Cl)s1)N1CCCCCC1. The van der Waals surface area contributed by atoms with Crippen LogP contribution in [0.15, 0.2) is 10.4 Å². The van der Waals surface area contributed by atoms with Gasteiger partial charge in [0, 0.05) is 13.1 Å². The zero-order chi connectivity index (χ0) is 11.6. The second kappa shape index (κ2) is 5.00. The van der Waals surface area contributed by atoms with E-state index in [0.29, 0.717) is 13.1 Å². The lowest BCUT2D eigenvalue weighted by Gasteiger charge is -2.18. The molecule has 90 valence electrons. The fraction of sp³-hybridized carbons (Fsp3) is 0.667. The number of rotatable bonds is 2. The van der Waals surface area contributed by atoms with Crippen LogP contribution in [0, 0.1) is 0 Å². The molecule has 1 aromatic heterocycles. The predicted molar refractivity (Wildman–Crippen MR) is 64.4 cm³/mol. The molecule has 1 saturated heterocycles. The predicted octanol–water partition coefficient (Wildman–Crippen LogP) is 2.36. The minimum absolute atomic E-state index is 0.249. The summed E-state index contributed by atoms with van der Waals surface area (Å²) in [4.78, 5) is 3.78. The minimum atomic E-state index is -3.36. The number of thiazole rings is 1. The Kier molecular flexibility index (Phi) is 3.84. The van der Waals surface area contributed by atoms with Crippen molar-refractivity contribution in [2.45, 2.75) is 29.9 Å². The average molecular weight is 281 g/mol. The lowest BCUT2D eigenvalue weighted by Crippen LogP contribution is -2.31. The third kappa shape index (κ3) is 2.56. The van der Waals surface area contributed by atoms with E-state index in [1.807, 2.05) is 0 Å². The van der Waals surface area contributed by atoms with Crippen molar-refractivity contribution < 1.29 is 8.42 Å². The normalized spacial score (nSPS) is 19.6. The Balaban J connectivity index is 2.23. The molecular weight excluding hydrogens is 268 g/mol. The Labute approximate surface area is 104 Å². The molecule has 0 amide bonds. The molecule has 0 atom stereocenters. The summed E-state index contributed by atoms with van der Waals surface area (Å²) in [6.07, 6.45) is 5.43. The fourth-order valence-electron chi connectivity index (χ4n) is 1.77. The first-order valence-corrected chi connectivity index (χ1v) is 7.85. The summed E-state index contributed by atoms with van der Waals surface area (Å²) in [6.45, 7) is 1.22. The van der Waals surface area contributed by atoms with Gasteiger partial charge in [-0.3, -0.25) is 0 Å². The third-order valence-electron chi connectivity index (χ3n) is 2.62. The molecule has 0 aromatic carbocycles. The zero-order valence-electron chi connectivity index (χ0n) is 8.73. The van der Waals surface area contributed by atoms with Gasteiger partial charge in [0.05, 0.1) is 6.20 Å². The van der Waals surface area contributed by atoms with Gasteiger partial charge in [0.1, 0.15) is 0 Å². The van der Waals surface area contributed by atoms with Crippen LogP contribution in [0.5, 0.6) is 0 Å². The second-order valence-corrected chi connectivity index (χ2v) is 7.53. The van der Waals surface area contributed by atoms with E-state index >= 15 is 0 Å². The monoisotopic (exact) mass is 280 g/mol. The largest absolute Gasteiger partial charge is 0.254 e. The van der Waals surface area contributed by atoms with Gasteiger partial charge in [0.2, 0.25) is 0 Å². The van der Waals surface area contributed by atoms with E-state index in [4.69, 9.17) is 11.6 Å². The first-order chi connectivity index (χ1) is 7.60. The molecule has 4 nitrogen and oxygen atoms in total. The summed E-state index contributed by atoms with van der Waals surface area (Å²) in [5.41, 5.74) is 0. The van der Waals surface area contributed by atoms with Crippen molar-refractivity contribution in [2.24, 2.45) is 0 Å². The van der Waals surface area contributed by atoms with Gasteiger partial charge in [-0.05, 0) is 12.8 Å². The van der Waals surface area contributed by atoms with E-state index in [2.05, 4.69) is 4.98 Å². The van der Waals surface area contributed by atoms with E-state index in [1.165, 1.54) is 6.20 Å². The quantitative estimate of drug-likeness (QED) is 0.836. The van der Waals surface area contributed by atoms with Gasteiger partial charge in [0.25, 0.3) is 10.0 Å². The molecule has 0 radical (unpaired) electrons. The van der Waals surface area contributed by atoms with Crippen molar-refractivity contribution in [3.8, 4) is 0 Å². The number of sulfonamides is 1. The molecule has 2 heterocycles. The lowest BCUT2D eigenvalue weighted by molar-refractivity contribution is 0.425. The molecule has 7 heteroatoms. The Morgan fingerprint density at radius 2 is 1.88 bits per heavy atom. The van der Waals surface area contributed by atoms with Crippen LogP contribution in [0.1, 0.15) is 25.7 Å². The smallest absolute Gasteiger partial charge is 0.232 e. The molecular formula is C9H13ClN2O2S2. The molecule has 1 aromatic rings. The Morgan fingerprint density at radius 3 is 2.38 bits per heavy atom. The van der Waals surface area contributed by atoms with E-state index in [-0.39, 0.29) is 8.68 Å². The summed E-state index contributed by atoms with van der Waals surface area (Å²) in [7, 11) is -3.36. The maximum absolute atomic E-state index is 12.2. The maximum Gasteiger partial charge on any atom is 0.254 e. The molecule has 0 aliphatic carbocycles. The summed E-state index contributed by atoms with van der Waals surface area (Å²) in [6, 6.07) is 0. The molecule has 2 rings (SSSR count). The maximum atomic E-state index is 12.2.